The number of nitrogens with one attached hydrogen (secondary N) is 2. The number of nitrogens with two attached hydrogens (primary N) is 1. The van der Waals surface area contributed by atoms with Crippen LogP contribution < -0.4 is 15.8 Å². The maximum Gasteiger partial charge on any atom is 0.258 e. The average molecular weight is 372 g/mol. The maximum atomic E-state index is 12.6. The van der Waals surface area contributed by atoms with E-state index in [2.05, 4.69) is 22.2 Å². The van der Waals surface area contributed by atoms with E-state index >= 15 is 0 Å². The number of aromatic nitrogens is 2. The Morgan fingerprint density at radius 1 is 1.33 bits per heavy atom. The van der Waals surface area contributed by atoms with Crippen LogP contribution in [0.1, 0.15) is 65.9 Å². The highest BCUT2D eigenvalue weighted by Gasteiger charge is 2.26. The fourth-order valence-corrected chi connectivity index (χ4v) is 2.71. The molecule has 0 saturated carbocycles. The van der Waals surface area contributed by atoms with E-state index in [1.165, 1.54) is 0 Å². The molecule has 146 valence electrons. The molecular formula is C20H28N4O3. The van der Waals surface area contributed by atoms with E-state index < -0.39 is 0 Å². The molecule has 3 rings (SSSR count). The Hall–Kier alpha value is -2.67. The first-order valence-electron chi connectivity index (χ1n) is 9.44. The molecule has 1 aliphatic rings. The van der Waals surface area contributed by atoms with Gasteiger partial charge < -0.3 is 20.8 Å². The summed E-state index contributed by atoms with van der Waals surface area (Å²) in [7, 11) is 0. The third-order valence-electron chi connectivity index (χ3n) is 4.10. The lowest BCUT2D eigenvalue weighted by molar-refractivity contribution is 0.0956. The number of rotatable bonds is 6. The monoisotopic (exact) mass is 372 g/mol. The zero-order chi connectivity index (χ0) is 19.6. The third kappa shape index (κ3) is 5.40. The molecule has 7 nitrogen and oxygen atoms in total. The Bertz CT molecular complexity index is 768. The van der Waals surface area contributed by atoms with Gasteiger partial charge in [-0.25, -0.2) is 0 Å². The quantitative estimate of drug-likeness (QED) is 0.720. The van der Waals surface area contributed by atoms with Crippen molar-refractivity contribution in [3.05, 3.63) is 41.5 Å². The standard InChI is InChI=1S/C17H19N3O3.C3H9N/c1-2-8-23-15-6-7-18-10-13(15)20-17(22)11-9-19-12-4-3-5-14(21)16(11)12;1-2-3-4/h6-7,9-10,19H,2-5,8H2,1H3,(H,20,22);2-4H2,1H3. The minimum absolute atomic E-state index is 0.0197. The first kappa shape index (κ1) is 20.6. The van der Waals surface area contributed by atoms with Crippen LogP contribution in [0.2, 0.25) is 0 Å². The molecule has 7 heteroatoms. The second-order valence-electron chi connectivity index (χ2n) is 6.30. The molecule has 0 saturated heterocycles. The van der Waals surface area contributed by atoms with Crippen LogP contribution >= 0.6 is 0 Å². The smallest absolute Gasteiger partial charge is 0.258 e. The molecule has 0 aromatic carbocycles. The van der Waals surface area contributed by atoms with Crippen molar-refractivity contribution in [2.24, 2.45) is 5.73 Å². The number of fused-ring (bicyclic) bond motifs is 1. The number of amides is 1. The maximum absolute atomic E-state index is 12.6. The Morgan fingerprint density at radius 3 is 2.81 bits per heavy atom. The highest BCUT2D eigenvalue weighted by Crippen LogP contribution is 2.27. The SMILES string of the molecule is CCCN.CCCOc1ccncc1NC(=O)c1c[nH]c2c1C(=O)CCC2. The van der Waals surface area contributed by atoms with Crippen molar-refractivity contribution >= 4 is 17.4 Å². The van der Waals surface area contributed by atoms with Crippen LogP contribution in [0.5, 0.6) is 5.75 Å². The average Bonchev–Trinajstić information content (AvgIpc) is 3.13. The molecular weight excluding hydrogens is 344 g/mol. The summed E-state index contributed by atoms with van der Waals surface area (Å²) in [5, 5.41) is 2.79. The molecule has 0 bridgehead atoms. The number of anilines is 1. The fourth-order valence-electron chi connectivity index (χ4n) is 2.71. The van der Waals surface area contributed by atoms with Crippen LogP contribution in [-0.2, 0) is 6.42 Å². The lowest BCUT2D eigenvalue weighted by Crippen LogP contribution is -2.18. The van der Waals surface area contributed by atoms with Gasteiger partial charge in [-0.2, -0.15) is 0 Å². The van der Waals surface area contributed by atoms with Crippen molar-refractivity contribution < 1.29 is 14.3 Å². The molecule has 27 heavy (non-hydrogen) atoms. The van der Waals surface area contributed by atoms with Crippen molar-refractivity contribution in [1.29, 1.82) is 0 Å². The summed E-state index contributed by atoms with van der Waals surface area (Å²) >= 11 is 0. The van der Waals surface area contributed by atoms with Crippen molar-refractivity contribution in [3.8, 4) is 5.75 Å². The lowest BCUT2D eigenvalue weighted by Gasteiger charge is -2.13. The molecule has 0 aliphatic heterocycles. The summed E-state index contributed by atoms with van der Waals surface area (Å²) < 4.78 is 5.61. The fraction of sp³-hybridized carbons (Fsp3) is 0.450. The summed E-state index contributed by atoms with van der Waals surface area (Å²) in [5.41, 5.74) is 7.29. The highest BCUT2D eigenvalue weighted by molar-refractivity contribution is 6.13. The summed E-state index contributed by atoms with van der Waals surface area (Å²) in [4.78, 5) is 31.7. The number of Topliss-reactive ketones (excluding diaryl/α,β-unsaturated/α-hetero) is 1. The summed E-state index contributed by atoms with van der Waals surface area (Å²) in [6.45, 7) is 5.45. The van der Waals surface area contributed by atoms with Gasteiger partial charge in [-0.3, -0.25) is 14.6 Å². The number of carbonyl (C=O) groups excluding carboxylic acids is 2. The van der Waals surface area contributed by atoms with Crippen molar-refractivity contribution in [3.63, 3.8) is 0 Å². The van der Waals surface area contributed by atoms with E-state index in [9.17, 15) is 9.59 Å². The Kier molecular flexibility index (Phi) is 8.00. The van der Waals surface area contributed by atoms with Gasteiger partial charge >= 0.3 is 0 Å². The van der Waals surface area contributed by atoms with Crippen LogP contribution in [0, 0.1) is 0 Å². The summed E-state index contributed by atoms with van der Waals surface area (Å²) in [6, 6.07) is 1.71. The molecule has 2 heterocycles. The number of H-pyrrole nitrogens is 1. The number of ketones is 1. The Morgan fingerprint density at radius 2 is 2.11 bits per heavy atom. The summed E-state index contributed by atoms with van der Waals surface area (Å²) in [6.07, 6.45) is 8.84. The minimum Gasteiger partial charge on any atom is -0.491 e. The molecule has 4 N–H and O–H groups in total. The minimum atomic E-state index is -0.327. The van der Waals surface area contributed by atoms with Gasteiger partial charge in [0.05, 0.1) is 23.9 Å². The zero-order valence-electron chi connectivity index (χ0n) is 16.0. The van der Waals surface area contributed by atoms with Crippen LogP contribution in [0.15, 0.2) is 24.7 Å². The highest BCUT2D eigenvalue weighted by atomic mass is 16.5. The molecule has 0 fully saturated rings. The molecule has 0 unspecified atom stereocenters. The molecule has 1 aliphatic carbocycles. The Balaban J connectivity index is 0.000000596. The van der Waals surface area contributed by atoms with Crippen molar-refractivity contribution in [2.45, 2.75) is 46.0 Å². The number of ether oxygens (including phenoxy) is 1. The molecule has 2 aromatic heterocycles. The van der Waals surface area contributed by atoms with E-state index in [1.807, 2.05) is 6.92 Å². The number of carbonyl (C=O) groups is 2. The van der Waals surface area contributed by atoms with Gasteiger partial charge in [0.2, 0.25) is 0 Å². The van der Waals surface area contributed by atoms with Gasteiger partial charge in [-0.05, 0) is 32.2 Å². The van der Waals surface area contributed by atoms with E-state index in [-0.39, 0.29) is 11.7 Å². The first-order valence-corrected chi connectivity index (χ1v) is 9.44. The second kappa shape index (κ2) is 10.5. The van der Waals surface area contributed by atoms with Gasteiger partial charge in [-0.1, -0.05) is 13.8 Å². The van der Waals surface area contributed by atoms with E-state index in [4.69, 9.17) is 10.5 Å². The number of pyridine rings is 1. The number of hydrogen-bond donors (Lipinski definition) is 3. The largest absolute Gasteiger partial charge is 0.491 e. The second-order valence-corrected chi connectivity index (χ2v) is 6.30. The lowest BCUT2D eigenvalue weighted by atomic mass is 9.93. The predicted octanol–water partition coefficient (Wildman–Crippen LogP) is 3.32. The van der Waals surface area contributed by atoms with Crippen LogP contribution in [0.3, 0.4) is 0 Å². The molecule has 2 aromatic rings. The van der Waals surface area contributed by atoms with E-state index in [1.54, 1.807) is 24.7 Å². The zero-order valence-corrected chi connectivity index (χ0v) is 16.0. The molecule has 0 radical (unpaired) electrons. The first-order chi connectivity index (χ1) is 13.1. The molecule has 0 spiro atoms. The van der Waals surface area contributed by atoms with Crippen molar-refractivity contribution in [2.75, 3.05) is 18.5 Å². The number of hydrogen-bond acceptors (Lipinski definition) is 5. The molecule has 0 atom stereocenters. The number of aromatic amines is 1. The van der Waals surface area contributed by atoms with Gasteiger partial charge in [0.25, 0.3) is 5.91 Å². The van der Waals surface area contributed by atoms with Crippen LogP contribution in [-0.4, -0.2) is 34.8 Å². The van der Waals surface area contributed by atoms with E-state index in [0.717, 1.165) is 37.9 Å². The van der Waals surface area contributed by atoms with Crippen LogP contribution in [0.4, 0.5) is 5.69 Å². The topological polar surface area (TPSA) is 110 Å². The number of aryl methyl sites for hydroxylation is 1. The third-order valence-corrected chi connectivity index (χ3v) is 4.10. The number of nitrogens with zero attached hydrogens (tertiary/aromatic N) is 1. The van der Waals surface area contributed by atoms with Crippen molar-refractivity contribution in [1.82, 2.24) is 9.97 Å². The van der Waals surface area contributed by atoms with Gasteiger partial charge in [-0.15, -0.1) is 0 Å². The molecule has 1 amide bonds. The predicted molar refractivity (Wildman–Crippen MR) is 105 cm³/mol. The Labute approximate surface area is 159 Å². The van der Waals surface area contributed by atoms with Gasteiger partial charge in [0.1, 0.15) is 11.4 Å². The van der Waals surface area contributed by atoms with E-state index in [0.29, 0.717) is 35.6 Å². The van der Waals surface area contributed by atoms with Crippen LogP contribution in [0.25, 0.3) is 0 Å². The van der Waals surface area contributed by atoms with Gasteiger partial charge in [0.15, 0.2) is 5.78 Å². The summed E-state index contributed by atoms with van der Waals surface area (Å²) in [5.74, 6) is 0.268. The normalized spacial score (nSPS) is 12.6. The van der Waals surface area contributed by atoms with Gasteiger partial charge in [0, 0.05) is 30.6 Å².